The predicted octanol–water partition coefficient (Wildman–Crippen LogP) is 5.46. The predicted molar refractivity (Wildman–Crippen MR) is 140 cm³/mol. The smallest absolute Gasteiger partial charge is 0.406 e. The van der Waals surface area contributed by atoms with Crippen LogP contribution in [0.1, 0.15) is 28.5 Å². The number of carbonyl (C=O) groups excluding carboxylic acids is 1. The maximum absolute atomic E-state index is 15.1. The summed E-state index contributed by atoms with van der Waals surface area (Å²) in [6.07, 6.45) is -3.56. The highest BCUT2D eigenvalue weighted by Gasteiger charge is 2.31. The standard InChI is InChI=1S/C28H26F5N5O2/c1-17-15-36(11-12-37(17)21-5-7-22(8-6-21)40-28(31,32)33)24-9-3-19(13-23(24)30)14-34-27(39)26-18(2)35-38-16-20(29)4-10-25(26)38/h3-10,13,16-17H,11-12,14-15H2,1-2H3,(H,34,39)/t17-/m0/s1. The van der Waals surface area contributed by atoms with Crippen LogP contribution in [0.5, 0.6) is 5.75 Å². The number of piperazine rings is 1. The van der Waals surface area contributed by atoms with Gasteiger partial charge in [-0.25, -0.2) is 13.3 Å². The van der Waals surface area contributed by atoms with Gasteiger partial charge in [-0.15, -0.1) is 13.2 Å². The Morgan fingerprint density at radius 2 is 1.82 bits per heavy atom. The van der Waals surface area contributed by atoms with Gasteiger partial charge in [-0.1, -0.05) is 6.07 Å². The molecule has 1 fully saturated rings. The Labute approximate surface area is 226 Å². The number of fused-ring (bicyclic) bond motifs is 1. The first-order valence-electron chi connectivity index (χ1n) is 12.6. The number of carbonyl (C=O) groups is 1. The first-order chi connectivity index (χ1) is 19.0. The minimum atomic E-state index is -4.75. The lowest BCUT2D eigenvalue weighted by molar-refractivity contribution is -0.274. The summed E-state index contributed by atoms with van der Waals surface area (Å²) in [5, 5.41) is 6.95. The fourth-order valence-corrected chi connectivity index (χ4v) is 5.01. The van der Waals surface area contributed by atoms with Crippen molar-refractivity contribution < 1.29 is 31.5 Å². The maximum atomic E-state index is 15.1. The van der Waals surface area contributed by atoms with E-state index in [-0.39, 0.29) is 18.3 Å². The van der Waals surface area contributed by atoms with E-state index in [4.69, 9.17) is 0 Å². The van der Waals surface area contributed by atoms with Crippen molar-refractivity contribution in [1.82, 2.24) is 14.9 Å². The number of benzene rings is 2. The summed E-state index contributed by atoms with van der Waals surface area (Å²) >= 11 is 0. The molecule has 1 amide bonds. The van der Waals surface area contributed by atoms with Crippen molar-refractivity contribution in [2.75, 3.05) is 29.4 Å². The van der Waals surface area contributed by atoms with E-state index in [0.717, 1.165) is 5.69 Å². The normalized spacial score (nSPS) is 15.9. The zero-order chi connectivity index (χ0) is 28.6. The monoisotopic (exact) mass is 559 g/mol. The van der Waals surface area contributed by atoms with Crippen molar-refractivity contribution in [1.29, 1.82) is 0 Å². The van der Waals surface area contributed by atoms with Gasteiger partial charge in [-0.2, -0.15) is 5.10 Å². The molecule has 40 heavy (non-hydrogen) atoms. The van der Waals surface area contributed by atoms with Crippen molar-refractivity contribution in [3.8, 4) is 5.75 Å². The highest BCUT2D eigenvalue weighted by atomic mass is 19.4. The zero-order valence-corrected chi connectivity index (χ0v) is 21.7. The SMILES string of the molecule is Cc1nn2cc(F)ccc2c1C(=O)NCc1ccc(N2CCN(c3ccc(OC(F)(F)F)cc3)[C@@H](C)C2)c(F)c1. The van der Waals surface area contributed by atoms with E-state index in [2.05, 4.69) is 15.2 Å². The third-order valence-electron chi connectivity index (χ3n) is 6.83. The molecule has 0 radical (unpaired) electrons. The zero-order valence-electron chi connectivity index (χ0n) is 21.7. The van der Waals surface area contributed by atoms with E-state index in [0.29, 0.717) is 47.7 Å². The summed E-state index contributed by atoms with van der Waals surface area (Å²) in [6, 6.07) is 13.2. The highest BCUT2D eigenvalue weighted by molar-refractivity contribution is 6.01. The number of rotatable bonds is 6. The summed E-state index contributed by atoms with van der Waals surface area (Å²) in [7, 11) is 0. The van der Waals surface area contributed by atoms with Gasteiger partial charge in [0.25, 0.3) is 5.91 Å². The van der Waals surface area contributed by atoms with Gasteiger partial charge in [0.1, 0.15) is 17.4 Å². The Kier molecular flexibility index (Phi) is 7.26. The number of aryl methyl sites for hydroxylation is 1. The van der Waals surface area contributed by atoms with Crippen molar-refractivity contribution >= 4 is 22.8 Å². The van der Waals surface area contributed by atoms with Crippen LogP contribution in [0.25, 0.3) is 5.52 Å². The molecular formula is C28H26F5N5O2. The van der Waals surface area contributed by atoms with Gasteiger partial charge in [-0.3, -0.25) is 4.79 Å². The summed E-state index contributed by atoms with van der Waals surface area (Å²) < 4.78 is 71.2. The van der Waals surface area contributed by atoms with Crippen LogP contribution in [0.2, 0.25) is 0 Å². The van der Waals surface area contributed by atoms with Gasteiger partial charge in [0, 0.05) is 37.9 Å². The number of amides is 1. The number of nitrogens with one attached hydrogen (secondary N) is 1. The molecule has 0 bridgehead atoms. The van der Waals surface area contributed by atoms with Gasteiger partial charge in [0.05, 0.1) is 28.7 Å². The van der Waals surface area contributed by atoms with E-state index in [1.165, 1.54) is 41.0 Å². The number of alkyl halides is 3. The lowest BCUT2D eigenvalue weighted by atomic mass is 10.1. The largest absolute Gasteiger partial charge is 0.573 e. The van der Waals surface area contributed by atoms with Crippen LogP contribution in [0, 0.1) is 18.6 Å². The number of hydrogen-bond acceptors (Lipinski definition) is 5. The number of aromatic nitrogens is 2. The molecule has 1 aliphatic rings. The second-order valence-electron chi connectivity index (χ2n) is 9.64. The molecule has 2 aromatic heterocycles. The van der Waals surface area contributed by atoms with E-state index in [1.54, 1.807) is 31.2 Å². The molecule has 0 saturated carbocycles. The molecule has 0 spiro atoms. The first kappa shape index (κ1) is 27.2. The molecule has 4 aromatic rings. The summed E-state index contributed by atoms with van der Waals surface area (Å²) in [4.78, 5) is 16.8. The molecule has 7 nitrogen and oxygen atoms in total. The Morgan fingerprint density at radius 3 is 2.50 bits per heavy atom. The van der Waals surface area contributed by atoms with Gasteiger partial charge in [-0.05, 0) is 67.9 Å². The van der Waals surface area contributed by atoms with Crippen LogP contribution in [0.15, 0.2) is 60.8 Å². The lowest BCUT2D eigenvalue weighted by Gasteiger charge is -2.42. The Balaban J connectivity index is 1.21. The number of anilines is 2. The molecule has 1 N–H and O–H groups in total. The number of halogens is 5. The molecule has 210 valence electrons. The van der Waals surface area contributed by atoms with Crippen molar-refractivity contribution in [3.05, 3.63) is 89.2 Å². The van der Waals surface area contributed by atoms with Crippen LogP contribution in [-0.4, -0.2) is 47.6 Å². The fraction of sp³-hybridized carbons (Fsp3) is 0.286. The first-order valence-corrected chi connectivity index (χ1v) is 12.6. The Morgan fingerprint density at radius 1 is 1.07 bits per heavy atom. The second-order valence-corrected chi connectivity index (χ2v) is 9.64. The van der Waals surface area contributed by atoms with Crippen LogP contribution < -0.4 is 19.9 Å². The number of ether oxygens (including phenoxy) is 1. The maximum Gasteiger partial charge on any atom is 0.573 e. The quantitative estimate of drug-likeness (QED) is 0.318. The van der Waals surface area contributed by atoms with Crippen LogP contribution in [-0.2, 0) is 6.54 Å². The topological polar surface area (TPSA) is 62.1 Å². The average Bonchev–Trinajstić information content (AvgIpc) is 3.21. The number of nitrogens with zero attached hydrogens (tertiary/aromatic N) is 4. The van der Waals surface area contributed by atoms with E-state index in [9.17, 15) is 22.4 Å². The fourth-order valence-electron chi connectivity index (χ4n) is 5.01. The molecule has 3 heterocycles. The number of pyridine rings is 1. The van der Waals surface area contributed by atoms with Crippen molar-refractivity contribution in [2.45, 2.75) is 32.8 Å². The molecule has 1 atom stereocenters. The van der Waals surface area contributed by atoms with Crippen molar-refractivity contribution in [3.63, 3.8) is 0 Å². The number of hydrogen-bond donors (Lipinski definition) is 1. The third-order valence-corrected chi connectivity index (χ3v) is 6.83. The van der Waals surface area contributed by atoms with Crippen LogP contribution >= 0.6 is 0 Å². The molecule has 1 aliphatic heterocycles. The van der Waals surface area contributed by atoms with Crippen LogP contribution in [0.3, 0.4) is 0 Å². The summed E-state index contributed by atoms with van der Waals surface area (Å²) in [6.45, 7) is 5.26. The minimum Gasteiger partial charge on any atom is -0.406 e. The van der Waals surface area contributed by atoms with Gasteiger partial charge >= 0.3 is 6.36 Å². The van der Waals surface area contributed by atoms with E-state index < -0.39 is 23.9 Å². The van der Waals surface area contributed by atoms with Crippen LogP contribution in [0.4, 0.5) is 33.3 Å². The molecule has 5 rings (SSSR count). The molecule has 0 aliphatic carbocycles. The molecule has 1 saturated heterocycles. The van der Waals surface area contributed by atoms with E-state index >= 15 is 4.39 Å². The Bertz CT molecular complexity index is 1540. The molecule has 12 heteroatoms. The minimum absolute atomic E-state index is 0.0379. The molecule has 0 unspecified atom stereocenters. The summed E-state index contributed by atoms with van der Waals surface area (Å²) in [5.41, 5.74) is 2.99. The second kappa shape index (κ2) is 10.7. The van der Waals surface area contributed by atoms with E-state index in [1.807, 2.05) is 16.7 Å². The Hall–Kier alpha value is -4.35. The molecular weight excluding hydrogens is 533 g/mol. The summed E-state index contributed by atoms with van der Waals surface area (Å²) in [5.74, 6) is -1.58. The van der Waals surface area contributed by atoms with Gasteiger partial charge < -0.3 is 19.9 Å². The van der Waals surface area contributed by atoms with Gasteiger partial charge in [0.2, 0.25) is 0 Å². The van der Waals surface area contributed by atoms with Crippen molar-refractivity contribution in [2.24, 2.45) is 0 Å². The van der Waals surface area contributed by atoms with Gasteiger partial charge in [0.15, 0.2) is 0 Å². The lowest BCUT2D eigenvalue weighted by Crippen LogP contribution is -2.52. The molecule has 2 aromatic carbocycles. The average molecular weight is 560 g/mol. The highest BCUT2D eigenvalue weighted by Crippen LogP contribution is 2.29. The third kappa shape index (κ3) is 5.80.